The van der Waals surface area contributed by atoms with Crippen LogP contribution in [0.15, 0.2) is 48.0 Å². The van der Waals surface area contributed by atoms with Crippen LogP contribution in [-0.4, -0.2) is 66.0 Å². The van der Waals surface area contributed by atoms with Crippen LogP contribution < -0.4 is 9.47 Å². The minimum Gasteiger partial charge on any atom is -0.507 e. The molecule has 1 fully saturated rings. The summed E-state index contributed by atoms with van der Waals surface area (Å²) in [4.78, 5) is 30.4. The van der Waals surface area contributed by atoms with Crippen LogP contribution in [0.3, 0.4) is 0 Å². The number of aliphatic hydroxyl groups excluding tert-OH is 1. The monoisotopic (exact) mass is 542 g/mol. The van der Waals surface area contributed by atoms with E-state index < -0.39 is 17.7 Å². The maximum Gasteiger partial charge on any atom is 0.295 e. The fourth-order valence-corrected chi connectivity index (χ4v) is 4.75. The molecule has 1 amide bonds. The van der Waals surface area contributed by atoms with Crippen LogP contribution in [0.1, 0.15) is 64.1 Å². The van der Waals surface area contributed by atoms with Gasteiger partial charge in [0.2, 0.25) is 0 Å². The molecule has 206 valence electrons. The molecule has 1 aliphatic heterocycles. The Balaban J connectivity index is 2.08. The van der Waals surface area contributed by atoms with Crippen molar-refractivity contribution in [1.82, 2.24) is 9.80 Å². The summed E-state index contributed by atoms with van der Waals surface area (Å²) in [6.45, 7) is 11.8. The van der Waals surface area contributed by atoms with E-state index in [2.05, 4.69) is 25.7 Å². The van der Waals surface area contributed by atoms with Crippen molar-refractivity contribution in [1.29, 1.82) is 0 Å². The third-order valence-electron chi connectivity index (χ3n) is 6.80. The number of halogens is 1. The molecule has 1 unspecified atom stereocenters. The van der Waals surface area contributed by atoms with E-state index in [0.717, 1.165) is 32.4 Å². The quantitative estimate of drug-likeness (QED) is 0.135. The van der Waals surface area contributed by atoms with E-state index >= 15 is 0 Å². The smallest absolute Gasteiger partial charge is 0.295 e. The van der Waals surface area contributed by atoms with Crippen LogP contribution in [-0.2, 0) is 9.59 Å². The Morgan fingerprint density at radius 3 is 2.32 bits per heavy atom. The molecule has 0 aromatic heterocycles. The van der Waals surface area contributed by atoms with Gasteiger partial charge in [-0.1, -0.05) is 51.3 Å². The van der Waals surface area contributed by atoms with Gasteiger partial charge in [0.15, 0.2) is 11.5 Å². The first-order valence-corrected chi connectivity index (χ1v) is 13.9. The third kappa shape index (κ3) is 6.88. The lowest BCUT2D eigenvalue weighted by Gasteiger charge is -2.28. The molecule has 0 spiro atoms. The van der Waals surface area contributed by atoms with Gasteiger partial charge in [-0.2, -0.15) is 0 Å². The number of likely N-dealkylation sites (tertiary alicyclic amines) is 1. The number of unbranched alkanes of at least 4 members (excludes halogenated alkanes) is 2. The van der Waals surface area contributed by atoms with Crippen LogP contribution in [0, 0.1) is 0 Å². The predicted octanol–water partition coefficient (Wildman–Crippen LogP) is 6.07. The van der Waals surface area contributed by atoms with Gasteiger partial charge in [-0.25, -0.2) is 0 Å². The summed E-state index contributed by atoms with van der Waals surface area (Å²) in [7, 11) is 0. The Hall–Kier alpha value is -3.03. The van der Waals surface area contributed by atoms with E-state index in [0.29, 0.717) is 54.0 Å². The minimum absolute atomic E-state index is 0.0518. The molecule has 2 aromatic carbocycles. The molecule has 0 bridgehead atoms. The van der Waals surface area contributed by atoms with Crippen molar-refractivity contribution in [2.24, 2.45) is 0 Å². The molecule has 0 aliphatic carbocycles. The second-order valence-electron chi connectivity index (χ2n) is 9.22. The third-order valence-corrected chi connectivity index (χ3v) is 7.05. The number of ketones is 1. The maximum atomic E-state index is 13.3. The van der Waals surface area contributed by atoms with Gasteiger partial charge in [-0.15, -0.1) is 0 Å². The summed E-state index contributed by atoms with van der Waals surface area (Å²) in [6, 6.07) is 11.3. The average molecular weight is 543 g/mol. The van der Waals surface area contributed by atoms with Crippen LogP contribution >= 0.6 is 11.6 Å². The minimum atomic E-state index is -0.769. The van der Waals surface area contributed by atoms with E-state index in [1.54, 1.807) is 29.2 Å². The number of aliphatic hydroxyl groups is 1. The number of hydrogen-bond donors (Lipinski definition) is 1. The lowest BCUT2D eigenvalue weighted by Crippen LogP contribution is -2.38. The number of benzene rings is 2. The molecule has 1 N–H and O–H groups in total. The van der Waals surface area contributed by atoms with Crippen molar-refractivity contribution >= 4 is 29.1 Å². The van der Waals surface area contributed by atoms with Crippen LogP contribution in [0.5, 0.6) is 11.5 Å². The second-order valence-corrected chi connectivity index (χ2v) is 9.66. The Morgan fingerprint density at radius 2 is 1.68 bits per heavy atom. The number of amides is 1. The Kier molecular flexibility index (Phi) is 11.0. The molecule has 1 saturated heterocycles. The van der Waals surface area contributed by atoms with Gasteiger partial charge in [0.05, 0.1) is 24.8 Å². The van der Waals surface area contributed by atoms with Gasteiger partial charge in [0, 0.05) is 23.7 Å². The Bertz CT molecular complexity index is 1130. The molecule has 8 heteroatoms. The lowest BCUT2D eigenvalue weighted by atomic mass is 9.95. The predicted molar refractivity (Wildman–Crippen MR) is 151 cm³/mol. The summed E-state index contributed by atoms with van der Waals surface area (Å²) in [5, 5.41) is 11.8. The van der Waals surface area contributed by atoms with Gasteiger partial charge in [0.1, 0.15) is 5.76 Å². The van der Waals surface area contributed by atoms with E-state index in [4.69, 9.17) is 21.1 Å². The molecule has 38 heavy (non-hydrogen) atoms. The van der Waals surface area contributed by atoms with Gasteiger partial charge in [-0.3, -0.25) is 9.59 Å². The van der Waals surface area contributed by atoms with Crippen molar-refractivity contribution in [3.63, 3.8) is 0 Å². The number of nitrogens with zero attached hydrogens (tertiary/aromatic N) is 2. The maximum absolute atomic E-state index is 13.3. The lowest BCUT2D eigenvalue weighted by molar-refractivity contribution is -0.140. The molecule has 7 nitrogen and oxygen atoms in total. The zero-order valence-corrected chi connectivity index (χ0v) is 23.6. The van der Waals surface area contributed by atoms with Gasteiger partial charge >= 0.3 is 0 Å². The number of carbonyl (C=O) groups is 2. The number of rotatable bonds is 14. The highest BCUT2D eigenvalue weighted by Crippen LogP contribution is 2.42. The van der Waals surface area contributed by atoms with Gasteiger partial charge in [-0.05, 0) is 68.4 Å². The zero-order valence-electron chi connectivity index (χ0n) is 22.8. The number of likely N-dealkylation sites (N-methyl/N-ethyl adjacent to an activating group) is 1. The van der Waals surface area contributed by atoms with Crippen molar-refractivity contribution < 1.29 is 24.2 Å². The molecule has 1 aliphatic rings. The van der Waals surface area contributed by atoms with Crippen molar-refractivity contribution in [3.8, 4) is 11.5 Å². The molecule has 2 aromatic rings. The fraction of sp³-hybridized carbons (Fsp3) is 0.467. The topological polar surface area (TPSA) is 79.3 Å². The van der Waals surface area contributed by atoms with Gasteiger partial charge < -0.3 is 24.4 Å². The van der Waals surface area contributed by atoms with E-state index in [1.807, 2.05) is 25.1 Å². The van der Waals surface area contributed by atoms with E-state index in [1.165, 1.54) is 0 Å². The highest BCUT2D eigenvalue weighted by molar-refractivity contribution is 6.46. The molecule has 0 radical (unpaired) electrons. The first-order chi connectivity index (χ1) is 18.4. The molecule has 3 rings (SSSR count). The second kappa shape index (κ2) is 14.2. The molecular formula is C30H39ClN2O5. The summed E-state index contributed by atoms with van der Waals surface area (Å²) in [5.41, 5.74) is 1.14. The van der Waals surface area contributed by atoms with Gasteiger partial charge in [0.25, 0.3) is 11.7 Å². The SMILES string of the molecule is CCCCCOc1ccc(C2C(=C(O)c3ccc(Cl)cc3)C(=O)C(=O)N2CCN(CC)CC)cc1OCC. The highest BCUT2D eigenvalue weighted by Gasteiger charge is 2.46. The molecule has 1 heterocycles. The number of Topliss-reactive ketones (excluding diaryl/α,β-unsaturated/α-hetero) is 1. The normalized spacial score (nSPS) is 16.9. The summed E-state index contributed by atoms with van der Waals surface area (Å²) in [6.07, 6.45) is 3.12. The van der Waals surface area contributed by atoms with E-state index in [9.17, 15) is 14.7 Å². The largest absolute Gasteiger partial charge is 0.507 e. The van der Waals surface area contributed by atoms with Crippen LogP contribution in [0.4, 0.5) is 0 Å². The standard InChI is InChI=1S/C30H39ClN2O5/c1-5-9-10-19-38-24-16-13-22(20-25(24)37-8-4)27-26(28(34)21-11-14-23(31)15-12-21)29(35)30(36)33(27)18-17-32(6-2)7-3/h11-16,20,27,34H,5-10,17-19H2,1-4H3. The summed E-state index contributed by atoms with van der Waals surface area (Å²) in [5.74, 6) is -0.407. The number of carbonyl (C=O) groups excluding carboxylic acids is 2. The molecule has 1 atom stereocenters. The van der Waals surface area contributed by atoms with Crippen LogP contribution in [0.25, 0.3) is 5.76 Å². The molecule has 0 saturated carbocycles. The average Bonchev–Trinajstić information content (AvgIpc) is 3.17. The van der Waals surface area contributed by atoms with Crippen molar-refractivity contribution in [2.45, 2.75) is 53.0 Å². The first kappa shape index (κ1) is 29.5. The summed E-state index contributed by atoms with van der Waals surface area (Å²) >= 11 is 6.03. The number of hydrogen-bond acceptors (Lipinski definition) is 6. The number of ether oxygens (including phenoxy) is 2. The Labute approximate surface area is 231 Å². The molecular weight excluding hydrogens is 504 g/mol. The van der Waals surface area contributed by atoms with E-state index in [-0.39, 0.29) is 11.3 Å². The summed E-state index contributed by atoms with van der Waals surface area (Å²) < 4.78 is 11.9. The Morgan fingerprint density at radius 1 is 0.974 bits per heavy atom. The highest BCUT2D eigenvalue weighted by atomic mass is 35.5. The fourth-order valence-electron chi connectivity index (χ4n) is 4.63. The van der Waals surface area contributed by atoms with Crippen molar-refractivity contribution in [3.05, 3.63) is 64.2 Å². The first-order valence-electron chi connectivity index (χ1n) is 13.5. The zero-order chi connectivity index (χ0) is 27.7. The van der Waals surface area contributed by atoms with Crippen LogP contribution in [0.2, 0.25) is 5.02 Å². The van der Waals surface area contributed by atoms with Crippen molar-refractivity contribution in [2.75, 3.05) is 39.4 Å².